The summed E-state index contributed by atoms with van der Waals surface area (Å²) >= 11 is 5.97. The lowest BCUT2D eigenvalue weighted by Crippen LogP contribution is -2.47. The fraction of sp³-hybridized carbons (Fsp3) is 0.462. The van der Waals surface area contributed by atoms with Gasteiger partial charge in [0.25, 0.3) is 0 Å². The molecule has 1 aromatic carbocycles. The van der Waals surface area contributed by atoms with Gasteiger partial charge in [0.15, 0.2) is 0 Å². The largest absolute Gasteiger partial charge is 0.480 e. The molecule has 0 unspecified atom stereocenters. The lowest BCUT2D eigenvalue weighted by Gasteiger charge is -2.35. The molecular formula is C13H16ClNO4S. The molecule has 0 saturated heterocycles. The van der Waals surface area contributed by atoms with Crippen LogP contribution in [0.15, 0.2) is 24.3 Å². The maximum Gasteiger partial charge on any atom is 0.318 e. The first-order valence-electron chi connectivity index (χ1n) is 6.35. The predicted molar refractivity (Wildman–Crippen MR) is 76.1 cm³/mol. The van der Waals surface area contributed by atoms with Crippen LogP contribution in [0.3, 0.4) is 0 Å². The van der Waals surface area contributed by atoms with E-state index in [4.69, 9.17) is 16.7 Å². The van der Waals surface area contributed by atoms with Crippen molar-refractivity contribution in [2.45, 2.75) is 31.1 Å². The van der Waals surface area contributed by atoms with Gasteiger partial charge in [-0.25, -0.2) is 8.42 Å². The molecule has 0 aromatic heterocycles. The molecule has 7 heteroatoms. The van der Waals surface area contributed by atoms with Crippen molar-refractivity contribution in [1.82, 2.24) is 4.31 Å². The van der Waals surface area contributed by atoms with E-state index in [0.717, 1.165) is 23.6 Å². The number of nitrogens with zero attached hydrogens (tertiary/aromatic N) is 1. The highest BCUT2D eigenvalue weighted by atomic mass is 35.5. The second-order valence-corrected chi connectivity index (χ2v) is 7.20. The Labute approximate surface area is 123 Å². The zero-order valence-electron chi connectivity index (χ0n) is 10.8. The number of benzene rings is 1. The topological polar surface area (TPSA) is 74.7 Å². The number of sulfonamides is 1. The number of rotatable bonds is 6. The van der Waals surface area contributed by atoms with Crippen LogP contribution in [-0.4, -0.2) is 36.4 Å². The van der Waals surface area contributed by atoms with E-state index in [9.17, 15) is 13.2 Å². The van der Waals surface area contributed by atoms with Crippen LogP contribution in [0.25, 0.3) is 0 Å². The molecule has 1 aromatic rings. The molecule has 1 saturated carbocycles. The second-order valence-electron chi connectivity index (χ2n) is 4.87. The molecule has 0 aliphatic heterocycles. The minimum Gasteiger partial charge on any atom is -0.480 e. The van der Waals surface area contributed by atoms with Crippen LogP contribution < -0.4 is 0 Å². The highest BCUT2D eigenvalue weighted by Crippen LogP contribution is 2.29. The molecule has 0 radical (unpaired) electrons. The van der Waals surface area contributed by atoms with Gasteiger partial charge in [-0.1, -0.05) is 36.2 Å². The Balaban J connectivity index is 2.22. The SMILES string of the molecule is O=C(O)CN(C1CCC1)S(=O)(=O)Cc1ccccc1Cl. The lowest BCUT2D eigenvalue weighted by molar-refractivity contribution is -0.137. The quantitative estimate of drug-likeness (QED) is 0.872. The van der Waals surface area contributed by atoms with E-state index in [1.165, 1.54) is 0 Å². The van der Waals surface area contributed by atoms with Crippen LogP contribution in [0.2, 0.25) is 5.02 Å². The van der Waals surface area contributed by atoms with Gasteiger partial charge in [-0.15, -0.1) is 0 Å². The van der Waals surface area contributed by atoms with E-state index < -0.39 is 22.5 Å². The summed E-state index contributed by atoms with van der Waals surface area (Å²) in [7, 11) is -3.69. The van der Waals surface area contributed by atoms with Crippen LogP contribution >= 0.6 is 11.6 Å². The van der Waals surface area contributed by atoms with E-state index in [2.05, 4.69) is 0 Å². The molecule has 0 bridgehead atoms. The van der Waals surface area contributed by atoms with Crippen molar-refractivity contribution in [1.29, 1.82) is 0 Å². The minimum absolute atomic E-state index is 0.196. The first-order chi connectivity index (χ1) is 9.40. The number of aliphatic carboxylic acids is 1. The Morgan fingerprint density at radius 2 is 2.00 bits per heavy atom. The number of carboxylic acids is 1. The molecule has 1 aliphatic carbocycles. The average molecular weight is 318 g/mol. The Morgan fingerprint density at radius 3 is 2.50 bits per heavy atom. The van der Waals surface area contributed by atoms with E-state index in [1.807, 2.05) is 0 Å². The Hall–Kier alpha value is -1.11. The average Bonchev–Trinajstić information content (AvgIpc) is 2.28. The van der Waals surface area contributed by atoms with Gasteiger partial charge in [-0.05, 0) is 24.5 Å². The second kappa shape index (κ2) is 6.11. The van der Waals surface area contributed by atoms with Gasteiger partial charge in [-0.2, -0.15) is 4.31 Å². The molecule has 1 N–H and O–H groups in total. The van der Waals surface area contributed by atoms with E-state index >= 15 is 0 Å². The van der Waals surface area contributed by atoms with E-state index in [1.54, 1.807) is 24.3 Å². The van der Waals surface area contributed by atoms with Crippen LogP contribution in [0, 0.1) is 0 Å². The third kappa shape index (κ3) is 3.50. The number of halogens is 1. The molecule has 2 rings (SSSR count). The van der Waals surface area contributed by atoms with Gasteiger partial charge in [-0.3, -0.25) is 4.79 Å². The summed E-state index contributed by atoms with van der Waals surface area (Å²) in [5.74, 6) is -1.41. The molecule has 0 spiro atoms. The molecule has 0 amide bonds. The van der Waals surface area contributed by atoms with Crippen molar-refractivity contribution >= 4 is 27.6 Å². The number of carbonyl (C=O) groups is 1. The number of hydrogen-bond donors (Lipinski definition) is 1. The molecular weight excluding hydrogens is 302 g/mol. The minimum atomic E-state index is -3.69. The third-order valence-electron chi connectivity index (χ3n) is 3.43. The summed E-state index contributed by atoms with van der Waals surface area (Å²) in [5.41, 5.74) is 0.490. The summed E-state index contributed by atoms with van der Waals surface area (Å²) in [5, 5.41) is 9.28. The first kappa shape index (κ1) is 15.3. The monoisotopic (exact) mass is 317 g/mol. The van der Waals surface area contributed by atoms with Gasteiger partial charge in [0.2, 0.25) is 10.0 Å². The van der Waals surface area contributed by atoms with Crippen molar-refractivity contribution in [3.63, 3.8) is 0 Å². The zero-order chi connectivity index (χ0) is 14.8. The summed E-state index contributed by atoms with van der Waals surface area (Å²) in [6, 6.07) is 6.50. The molecule has 0 atom stereocenters. The van der Waals surface area contributed by atoms with E-state index in [-0.39, 0.29) is 11.8 Å². The third-order valence-corrected chi connectivity index (χ3v) is 5.61. The van der Waals surface area contributed by atoms with Crippen molar-refractivity contribution in [3.8, 4) is 0 Å². The molecule has 0 heterocycles. The Morgan fingerprint density at radius 1 is 1.35 bits per heavy atom. The highest BCUT2D eigenvalue weighted by molar-refractivity contribution is 7.88. The summed E-state index contributed by atoms with van der Waals surface area (Å²) in [6.45, 7) is -0.489. The summed E-state index contributed by atoms with van der Waals surface area (Å²) in [4.78, 5) is 10.9. The maximum absolute atomic E-state index is 12.4. The van der Waals surface area contributed by atoms with Crippen molar-refractivity contribution in [2.75, 3.05) is 6.54 Å². The van der Waals surface area contributed by atoms with Crippen molar-refractivity contribution in [2.24, 2.45) is 0 Å². The molecule has 20 heavy (non-hydrogen) atoms. The van der Waals surface area contributed by atoms with Crippen LogP contribution in [0.1, 0.15) is 24.8 Å². The van der Waals surface area contributed by atoms with Crippen molar-refractivity contribution < 1.29 is 18.3 Å². The molecule has 1 fully saturated rings. The van der Waals surface area contributed by atoms with E-state index in [0.29, 0.717) is 10.6 Å². The summed E-state index contributed by atoms with van der Waals surface area (Å²) in [6.07, 6.45) is 2.37. The molecule has 110 valence electrons. The van der Waals surface area contributed by atoms with Gasteiger partial charge in [0.05, 0.1) is 5.75 Å². The zero-order valence-corrected chi connectivity index (χ0v) is 12.4. The standard InChI is InChI=1S/C13H16ClNO4S/c14-12-7-2-1-4-10(12)9-20(18,19)15(8-13(16)17)11-5-3-6-11/h1-2,4,7,11H,3,5-6,8-9H2,(H,16,17). The Bertz CT molecular complexity index is 598. The van der Waals surface area contributed by atoms with Crippen LogP contribution in [0.4, 0.5) is 0 Å². The molecule has 1 aliphatic rings. The molecule has 5 nitrogen and oxygen atoms in total. The fourth-order valence-electron chi connectivity index (χ4n) is 2.16. The van der Waals surface area contributed by atoms with Crippen LogP contribution in [0.5, 0.6) is 0 Å². The smallest absolute Gasteiger partial charge is 0.318 e. The fourth-order valence-corrected chi connectivity index (χ4v) is 4.22. The lowest BCUT2D eigenvalue weighted by atomic mass is 9.93. The number of hydrogen-bond acceptors (Lipinski definition) is 3. The maximum atomic E-state index is 12.4. The van der Waals surface area contributed by atoms with Gasteiger partial charge in [0, 0.05) is 11.1 Å². The predicted octanol–water partition coefficient (Wildman–Crippen LogP) is 2.11. The first-order valence-corrected chi connectivity index (χ1v) is 8.33. The number of carboxylic acid groups (broad SMARTS) is 1. The summed E-state index contributed by atoms with van der Waals surface area (Å²) < 4.78 is 26.0. The van der Waals surface area contributed by atoms with Gasteiger partial charge < -0.3 is 5.11 Å². The Kier molecular flexibility index (Phi) is 4.67. The highest BCUT2D eigenvalue weighted by Gasteiger charge is 2.35. The van der Waals surface area contributed by atoms with Gasteiger partial charge >= 0.3 is 5.97 Å². The normalized spacial score (nSPS) is 16.1. The van der Waals surface area contributed by atoms with Crippen LogP contribution in [-0.2, 0) is 20.6 Å². The van der Waals surface area contributed by atoms with Gasteiger partial charge in [0.1, 0.15) is 6.54 Å². The van der Waals surface area contributed by atoms with Crippen molar-refractivity contribution in [3.05, 3.63) is 34.9 Å².